The van der Waals surface area contributed by atoms with Crippen LogP contribution >= 0.6 is 0 Å². The van der Waals surface area contributed by atoms with Gasteiger partial charge in [0.05, 0.1) is 16.5 Å². The zero-order valence-electron chi connectivity index (χ0n) is 9.84. The van der Waals surface area contributed by atoms with Gasteiger partial charge in [-0.05, 0) is 38.1 Å². The second kappa shape index (κ2) is 4.76. The zero-order valence-corrected chi connectivity index (χ0v) is 10.7. The van der Waals surface area contributed by atoms with Gasteiger partial charge in [0, 0.05) is 0 Å². The molecule has 1 rings (SSSR count). The minimum atomic E-state index is -3.84. The van der Waals surface area contributed by atoms with Crippen molar-refractivity contribution < 1.29 is 18.3 Å². The largest absolute Gasteiger partial charge is 0.478 e. The smallest absolute Gasteiger partial charge is 0.335 e. The minimum absolute atomic E-state index is 0.00602. The summed E-state index contributed by atoms with van der Waals surface area (Å²) in [5, 5.41) is 17.5. The van der Waals surface area contributed by atoms with Gasteiger partial charge in [0.2, 0.25) is 10.0 Å². The normalized spacial score (nSPS) is 11.8. The Morgan fingerprint density at radius 3 is 2.22 bits per heavy atom. The maximum absolute atomic E-state index is 11.9. The van der Waals surface area contributed by atoms with Gasteiger partial charge in [0.15, 0.2) is 0 Å². The molecule has 0 atom stereocenters. The number of carbonyl (C=O) groups is 1. The summed E-state index contributed by atoms with van der Waals surface area (Å²) < 4.78 is 26.0. The van der Waals surface area contributed by atoms with Crippen LogP contribution in [0.5, 0.6) is 0 Å². The molecular formula is C11H12N2O4S. The van der Waals surface area contributed by atoms with E-state index in [4.69, 9.17) is 10.4 Å². The number of aromatic carboxylic acids is 1. The molecule has 0 radical (unpaired) electrons. The fourth-order valence-electron chi connectivity index (χ4n) is 1.19. The van der Waals surface area contributed by atoms with Crippen LogP contribution in [-0.2, 0) is 10.0 Å². The van der Waals surface area contributed by atoms with Crippen molar-refractivity contribution in [1.29, 1.82) is 5.26 Å². The van der Waals surface area contributed by atoms with E-state index in [2.05, 4.69) is 4.72 Å². The number of hydrogen-bond donors (Lipinski definition) is 2. The lowest BCUT2D eigenvalue weighted by molar-refractivity contribution is 0.0696. The van der Waals surface area contributed by atoms with Gasteiger partial charge in [-0.15, -0.1) is 0 Å². The van der Waals surface area contributed by atoms with Gasteiger partial charge in [-0.3, -0.25) is 0 Å². The highest BCUT2D eigenvalue weighted by atomic mass is 32.2. The first-order valence-electron chi connectivity index (χ1n) is 4.96. The monoisotopic (exact) mass is 268 g/mol. The van der Waals surface area contributed by atoms with Crippen LogP contribution in [0.1, 0.15) is 24.2 Å². The van der Waals surface area contributed by atoms with Gasteiger partial charge in [0.25, 0.3) is 0 Å². The van der Waals surface area contributed by atoms with E-state index in [1.807, 2.05) is 6.07 Å². The van der Waals surface area contributed by atoms with Crippen LogP contribution < -0.4 is 4.72 Å². The van der Waals surface area contributed by atoms with Gasteiger partial charge in [-0.2, -0.15) is 9.98 Å². The van der Waals surface area contributed by atoms with Crippen molar-refractivity contribution in [3.05, 3.63) is 29.8 Å². The Morgan fingerprint density at radius 1 is 1.33 bits per heavy atom. The lowest BCUT2D eigenvalue weighted by Crippen LogP contribution is -2.41. The summed E-state index contributed by atoms with van der Waals surface area (Å²) in [6.45, 7) is 2.85. The van der Waals surface area contributed by atoms with E-state index >= 15 is 0 Å². The lowest BCUT2D eigenvalue weighted by Gasteiger charge is -2.17. The predicted molar refractivity (Wildman–Crippen MR) is 63.4 cm³/mol. The first kappa shape index (κ1) is 14.2. The maximum Gasteiger partial charge on any atom is 0.335 e. The first-order valence-corrected chi connectivity index (χ1v) is 6.45. The molecule has 0 aliphatic carbocycles. The molecule has 1 aromatic carbocycles. The highest BCUT2D eigenvalue weighted by molar-refractivity contribution is 7.89. The molecule has 0 spiro atoms. The molecule has 0 heterocycles. The Kier molecular flexibility index (Phi) is 3.74. The summed E-state index contributed by atoms with van der Waals surface area (Å²) in [6, 6.07) is 6.55. The second-order valence-electron chi connectivity index (χ2n) is 4.17. The Labute approximate surface area is 105 Å². The van der Waals surface area contributed by atoms with Crippen LogP contribution in [-0.4, -0.2) is 25.0 Å². The fourth-order valence-corrected chi connectivity index (χ4v) is 2.52. The average Bonchev–Trinajstić information content (AvgIpc) is 2.28. The van der Waals surface area contributed by atoms with E-state index in [9.17, 15) is 13.2 Å². The Bertz CT molecular complexity index is 597. The average molecular weight is 268 g/mol. The van der Waals surface area contributed by atoms with Crippen molar-refractivity contribution in [3.8, 4) is 6.07 Å². The molecule has 18 heavy (non-hydrogen) atoms. The van der Waals surface area contributed by atoms with Crippen molar-refractivity contribution in [2.45, 2.75) is 24.3 Å². The van der Waals surface area contributed by atoms with Crippen molar-refractivity contribution in [1.82, 2.24) is 4.72 Å². The van der Waals surface area contributed by atoms with E-state index in [1.54, 1.807) is 0 Å². The van der Waals surface area contributed by atoms with Crippen LogP contribution in [0.3, 0.4) is 0 Å². The van der Waals surface area contributed by atoms with Crippen molar-refractivity contribution in [3.63, 3.8) is 0 Å². The molecule has 2 N–H and O–H groups in total. The minimum Gasteiger partial charge on any atom is -0.478 e. The molecule has 0 saturated carbocycles. The van der Waals surface area contributed by atoms with Crippen molar-refractivity contribution in [2.24, 2.45) is 0 Å². The Morgan fingerprint density at radius 2 is 1.83 bits per heavy atom. The summed E-state index contributed by atoms with van der Waals surface area (Å²) in [7, 11) is -3.84. The highest BCUT2D eigenvalue weighted by Gasteiger charge is 2.25. The van der Waals surface area contributed by atoms with Crippen LogP contribution in [0.25, 0.3) is 0 Å². The third kappa shape index (κ3) is 3.29. The summed E-state index contributed by atoms with van der Waals surface area (Å²) >= 11 is 0. The van der Waals surface area contributed by atoms with Crippen LogP contribution in [0.15, 0.2) is 29.2 Å². The van der Waals surface area contributed by atoms with Gasteiger partial charge in [-0.1, -0.05) is 0 Å². The number of nitrogens with zero attached hydrogens (tertiary/aromatic N) is 1. The van der Waals surface area contributed by atoms with Gasteiger partial charge >= 0.3 is 5.97 Å². The molecule has 0 aromatic heterocycles. The third-order valence-corrected chi connectivity index (χ3v) is 3.75. The molecular weight excluding hydrogens is 256 g/mol. The van der Waals surface area contributed by atoms with Gasteiger partial charge < -0.3 is 5.11 Å². The summed E-state index contributed by atoms with van der Waals surface area (Å²) in [4.78, 5) is 10.5. The van der Waals surface area contributed by atoms with E-state index in [-0.39, 0.29) is 10.5 Å². The molecule has 0 aliphatic heterocycles. The van der Waals surface area contributed by atoms with E-state index in [0.717, 1.165) is 0 Å². The number of nitrogens with one attached hydrogen (secondary N) is 1. The quantitative estimate of drug-likeness (QED) is 0.845. The molecule has 0 aliphatic rings. The highest BCUT2D eigenvalue weighted by Crippen LogP contribution is 2.13. The summed E-state index contributed by atoms with van der Waals surface area (Å²) in [5.74, 6) is -1.13. The molecule has 6 nitrogen and oxygen atoms in total. The molecule has 96 valence electrons. The molecule has 0 bridgehead atoms. The number of carboxylic acids is 1. The van der Waals surface area contributed by atoms with Gasteiger partial charge in [0.1, 0.15) is 5.54 Å². The van der Waals surface area contributed by atoms with Crippen LogP contribution in [0.4, 0.5) is 0 Å². The second-order valence-corrected chi connectivity index (χ2v) is 5.85. The first-order chi connectivity index (χ1) is 8.18. The number of benzene rings is 1. The summed E-state index contributed by atoms with van der Waals surface area (Å²) in [6.07, 6.45) is 0. The molecule has 0 amide bonds. The predicted octanol–water partition coefficient (Wildman–Crippen LogP) is 0.965. The SMILES string of the molecule is CC(C)(C#N)NS(=O)(=O)c1ccc(C(=O)O)cc1. The molecule has 7 heteroatoms. The standard InChI is InChI=1S/C11H12N2O4S/c1-11(2,7-12)13-18(16,17)9-5-3-8(4-6-9)10(14)15/h3-6,13H,1-2H3,(H,14,15). The topological polar surface area (TPSA) is 107 Å². The Hall–Kier alpha value is -1.91. The maximum atomic E-state index is 11.9. The number of carboxylic acid groups (broad SMARTS) is 1. The van der Waals surface area contributed by atoms with Gasteiger partial charge in [-0.25, -0.2) is 13.2 Å². The van der Waals surface area contributed by atoms with Crippen molar-refractivity contribution >= 4 is 16.0 Å². The number of hydrogen-bond acceptors (Lipinski definition) is 4. The van der Waals surface area contributed by atoms with E-state index in [1.165, 1.54) is 38.1 Å². The van der Waals surface area contributed by atoms with Crippen LogP contribution in [0, 0.1) is 11.3 Å². The molecule has 1 aromatic rings. The zero-order chi connectivity index (χ0) is 14.0. The van der Waals surface area contributed by atoms with E-state index in [0.29, 0.717) is 0 Å². The van der Waals surface area contributed by atoms with Crippen LogP contribution in [0.2, 0.25) is 0 Å². The number of nitriles is 1. The fraction of sp³-hybridized carbons (Fsp3) is 0.273. The number of rotatable bonds is 4. The lowest BCUT2D eigenvalue weighted by atomic mass is 10.1. The molecule has 0 fully saturated rings. The number of sulfonamides is 1. The third-order valence-electron chi connectivity index (χ3n) is 2.08. The summed E-state index contributed by atoms with van der Waals surface area (Å²) in [5.41, 5.74) is -1.24. The molecule has 0 saturated heterocycles. The van der Waals surface area contributed by atoms with Crippen molar-refractivity contribution in [2.75, 3.05) is 0 Å². The Balaban J connectivity index is 3.08. The van der Waals surface area contributed by atoms with E-state index < -0.39 is 21.5 Å². The molecule has 0 unspecified atom stereocenters.